The van der Waals surface area contributed by atoms with Crippen LogP contribution < -0.4 is 0 Å². The molecular weight excluding hydrogens is 182 g/mol. The third kappa shape index (κ3) is 7.38. The van der Waals surface area contributed by atoms with Crippen molar-refractivity contribution in [1.29, 1.82) is 0 Å². The molecule has 0 saturated carbocycles. The predicted molar refractivity (Wildman–Crippen MR) is 72.3 cm³/mol. The Morgan fingerprint density at radius 2 is 1.87 bits per heavy atom. The van der Waals surface area contributed by atoms with Gasteiger partial charge in [-0.1, -0.05) is 39.5 Å². The highest BCUT2D eigenvalue weighted by atomic mass is 15.1. The molecule has 0 radical (unpaired) electrons. The van der Waals surface area contributed by atoms with Gasteiger partial charge in [0.25, 0.3) is 0 Å². The topological polar surface area (TPSA) is 3.24 Å². The summed E-state index contributed by atoms with van der Waals surface area (Å²) >= 11 is 0. The molecule has 0 fully saturated rings. The number of hydrogen-bond donors (Lipinski definition) is 0. The number of likely N-dealkylation sites (N-methyl/N-ethyl adjacent to an activating group) is 1. The van der Waals surface area contributed by atoms with Crippen LogP contribution in [-0.4, -0.2) is 24.0 Å². The van der Waals surface area contributed by atoms with Crippen molar-refractivity contribution in [3.05, 3.63) is 23.8 Å². The molecule has 0 aliphatic carbocycles. The number of nitrogens with zero attached hydrogens (tertiary/aromatic N) is 1. The van der Waals surface area contributed by atoms with Gasteiger partial charge in [-0.15, -0.1) is 0 Å². The highest BCUT2D eigenvalue weighted by molar-refractivity contribution is 5.19. The third-order valence-corrected chi connectivity index (χ3v) is 2.37. The highest BCUT2D eigenvalue weighted by Crippen LogP contribution is 2.06. The monoisotopic (exact) mass is 211 g/mol. The molecular formula is C14H29N. The minimum absolute atomic E-state index is 0. The molecule has 0 N–H and O–H groups in total. The van der Waals surface area contributed by atoms with Gasteiger partial charge in [0.05, 0.1) is 0 Å². The van der Waals surface area contributed by atoms with E-state index >= 15 is 0 Å². The lowest BCUT2D eigenvalue weighted by Crippen LogP contribution is -2.32. The van der Waals surface area contributed by atoms with Gasteiger partial charge in [0.15, 0.2) is 0 Å². The van der Waals surface area contributed by atoms with Gasteiger partial charge in [0.2, 0.25) is 0 Å². The molecule has 0 spiro atoms. The van der Waals surface area contributed by atoms with Crippen molar-refractivity contribution in [2.45, 2.75) is 54.5 Å². The average Bonchev–Trinajstić information content (AvgIpc) is 2.14. The molecule has 0 aliphatic heterocycles. The van der Waals surface area contributed by atoms with Gasteiger partial charge in [0, 0.05) is 12.6 Å². The summed E-state index contributed by atoms with van der Waals surface area (Å²) in [6, 6.07) is 0.630. The molecule has 0 saturated heterocycles. The predicted octanol–water partition coefficient (Wildman–Crippen LogP) is 4.27. The Labute approximate surface area is 96.9 Å². The lowest BCUT2D eigenvalue weighted by Gasteiger charge is -2.25. The number of hydrogen-bond acceptors (Lipinski definition) is 1. The van der Waals surface area contributed by atoms with Crippen molar-refractivity contribution in [1.82, 2.24) is 4.90 Å². The quantitative estimate of drug-likeness (QED) is 0.593. The first kappa shape index (κ1) is 16.9. The molecule has 0 unspecified atom stereocenters. The van der Waals surface area contributed by atoms with Crippen molar-refractivity contribution in [3.8, 4) is 0 Å². The summed E-state index contributed by atoms with van der Waals surface area (Å²) in [5, 5.41) is 0. The average molecular weight is 211 g/mol. The fourth-order valence-electron chi connectivity index (χ4n) is 1.56. The van der Waals surface area contributed by atoms with Crippen molar-refractivity contribution in [3.63, 3.8) is 0 Å². The van der Waals surface area contributed by atoms with E-state index in [4.69, 9.17) is 0 Å². The van der Waals surface area contributed by atoms with Crippen molar-refractivity contribution in [2.24, 2.45) is 0 Å². The molecule has 0 bridgehead atoms. The second-order valence-electron chi connectivity index (χ2n) is 3.84. The first-order chi connectivity index (χ1) is 6.65. The zero-order valence-electron chi connectivity index (χ0n) is 10.4. The Morgan fingerprint density at radius 1 is 1.27 bits per heavy atom. The Hall–Kier alpha value is -0.560. The lowest BCUT2D eigenvalue weighted by atomic mass is 10.1. The van der Waals surface area contributed by atoms with Crippen molar-refractivity contribution >= 4 is 0 Å². The van der Waals surface area contributed by atoms with Crippen molar-refractivity contribution in [2.75, 3.05) is 13.1 Å². The van der Waals surface area contributed by atoms with E-state index in [0.29, 0.717) is 6.04 Å². The molecule has 0 amide bonds. The zero-order chi connectivity index (χ0) is 11.0. The molecule has 0 atom stereocenters. The summed E-state index contributed by atoms with van der Waals surface area (Å²) in [6.45, 7) is 13.2. The van der Waals surface area contributed by atoms with Crippen LogP contribution in [-0.2, 0) is 0 Å². The van der Waals surface area contributed by atoms with Crippen LogP contribution in [0.15, 0.2) is 23.8 Å². The van der Waals surface area contributed by atoms with Gasteiger partial charge in [-0.2, -0.15) is 0 Å². The Morgan fingerprint density at radius 3 is 2.20 bits per heavy atom. The molecule has 0 aromatic rings. The molecule has 0 heterocycles. The second-order valence-corrected chi connectivity index (χ2v) is 3.84. The van der Waals surface area contributed by atoms with Gasteiger partial charge in [-0.05, 0) is 39.3 Å². The first-order valence-electron chi connectivity index (χ1n) is 5.71. The normalized spacial score (nSPS) is 12.6. The lowest BCUT2D eigenvalue weighted by molar-refractivity contribution is 0.255. The minimum Gasteiger partial charge on any atom is -0.297 e. The molecule has 0 aromatic carbocycles. The van der Waals surface area contributed by atoms with E-state index in [1.54, 1.807) is 0 Å². The largest absolute Gasteiger partial charge is 0.297 e. The van der Waals surface area contributed by atoms with Crippen LogP contribution in [0, 0.1) is 0 Å². The van der Waals surface area contributed by atoms with E-state index in [2.05, 4.69) is 57.7 Å². The molecule has 1 nitrogen and oxygen atoms in total. The summed E-state index contributed by atoms with van der Waals surface area (Å²) in [5.41, 5.74) is 1.44. The van der Waals surface area contributed by atoms with E-state index in [0.717, 1.165) is 19.5 Å². The highest BCUT2D eigenvalue weighted by Gasteiger charge is 2.07. The molecule has 1 heteroatoms. The fourth-order valence-corrected chi connectivity index (χ4v) is 1.56. The van der Waals surface area contributed by atoms with Crippen LogP contribution in [0.3, 0.4) is 0 Å². The molecule has 90 valence electrons. The van der Waals surface area contributed by atoms with Gasteiger partial charge in [0.1, 0.15) is 0 Å². The van der Waals surface area contributed by atoms with Crippen LogP contribution in [0.5, 0.6) is 0 Å². The maximum absolute atomic E-state index is 2.47. The van der Waals surface area contributed by atoms with Crippen LogP contribution in [0.1, 0.15) is 48.5 Å². The first-order valence-corrected chi connectivity index (χ1v) is 5.71. The Kier molecular flexibility index (Phi) is 11.2. The smallest absolute Gasteiger partial charge is 0.0233 e. The molecule has 0 aromatic heterocycles. The maximum atomic E-state index is 2.47. The third-order valence-electron chi connectivity index (χ3n) is 2.37. The molecule has 0 rings (SSSR count). The van der Waals surface area contributed by atoms with Gasteiger partial charge < -0.3 is 0 Å². The fraction of sp³-hybridized carbons (Fsp3) is 0.714. The van der Waals surface area contributed by atoms with Crippen molar-refractivity contribution < 1.29 is 0 Å². The second kappa shape index (κ2) is 9.97. The number of rotatable bonds is 6. The van der Waals surface area contributed by atoms with Gasteiger partial charge in [-0.3, -0.25) is 4.90 Å². The van der Waals surface area contributed by atoms with Gasteiger partial charge in [-0.25, -0.2) is 0 Å². The minimum atomic E-state index is 0. The summed E-state index contributed by atoms with van der Waals surface area (Å²) in [4.78, 5) is 2.47. The SMILES string of the molecule is C.C/C=C\C(=C/CC)CN(CC)C(C)C. The van der Waals surface area contributed by atoms with E-state index < -0.39 is 0 Å². The zero-order valence-corrected chi connectivity index (χ0v) is 10.4. The Balaban J connectivity index is 0. The summed E-state index contributed by atoms with van der Waals surface area (Å²) in [5.74, 6) is 0. The maximum Gasteiger partial charge on any atom is 0.0233 e. The summed E-state index contributed by atoms with van der Waals surface area (Å²) in [6.07, 6.45) is 7.77. The van der Waals surface area contributed by atoms with E-state index in [1.807, 2.05) is 0 Å². The standard InChI is InChI=1S/C13H25N.CH4/c1-6-9-13(10-7-2)11-14(8-3)12(4)5;/h6,9-10,12H,7-8,11H2,1-5H3;1H4/b9-6-,13-10+;. The van der Waals surface area contributed by atoms with Gasteiger partial charge >= 0.3 is 0 Å². The van der Waals surface area contributed by atoms with Crippen LogP contribution in [0.2, 0.25) is 0 Å². The van der Waals surface area contributed by atoms with Crippen LogP contribution in [0.4, 0.5) is 0 Å². The summed E-state index contributed by atoms with van der Waals surface area (Å²) in [7, 11) is 0. The van der Waals surface area contributed by atoms with E-state index in [9.17, 15) is 0 Å². The van der Waals surface area contributed by atoms with E-state index in [-0.39, 0.29) is 7.43 Å². The molecule has 15 heavy (non-hydrogen) atoms. The van der Waals surface area contributed by atoms with Crippen LogP contribution >= 0.6 is 0 Å². The van der Waals surface area contributed by atoms with Crippen LogP contribution in [0.25, 0.3) is 0 Å². The van der Waals surface area contributed by atoms with E-state index in [1.165, 1.54) is 5.57 Å². The Bertz CT molecular complexity index is 190. The molecule has 0 aliphatic rings. The summed E-state index contributed by atoms with van der Waals surface area (Å²) < 4.78 is 0. The number of allylic oxidation sites excluding steroid dienone is 2.